The van der Waals surface area contributed by atoms with Crippen LogP contribution >= 0.6 is 0 Å². The second-order valence-electron chi connectivity index (χ2n) is 6.05. The molecule has 1 amide bonds. The van der Waals surface area contributed by atoms with Crippen LogP contribution in [0.15, 0.2) is 42.5 Å². The summed E-state index contributed by atoms with van der Waals surface area (Å²) in [7, 11) is -0.120. The minimum absolute atomic E-state index is 0.160. The van der Waals surface area contributed by atoms with E-state index in [1.54, 1.807) is 25.2 Å². The van der Waals surface area contributed by atoms with E-state index in [1.165, 1.54) is 18.2 Å². The van der Waals surface area contributed by atoms with Crippen LogP contribution in [0.2, 0.25) is 0 Å². The topological polar surface area (TPSA) is 139 Å². The van der Waals surface area contributed by atoms with E-state index in [1.807, 2.05) is 6.07 Å². The smallest absolute Gasteiger partial charge is 0.475 e. The monoisotopic (exact) mass is 372 g/mol. The molecular weight excluding hydrogens is 351 g/mol. The van der Waals surface area contributed by atoms with E-state index in [2.05, 4.69) is 10.6 Å². The van der Waals surface area contributed by atoms with Gasteiger partial charge in [0.25, 0.3) is 5.91 Å². The normalized spacial score (nSPS) is 11.7. The molecule has 0 bridgehead atoms. The Balaban J connectivity index is 2.19. The van der Waals surface area contributed by atoms with E-state index in [4.69, 9.17) is 5.11 Å². The van der Waals surface area contributed by atoms with Gasteiger partial charge in [0.1, 0.15) is 11.3 Å². The first-order chi connectivity index (χ1) is 12.8. The van der Waals surface area contributed by atoms with Gasteiger partial charge < -0.3 is 30.9 Å². The van der Waals surface area contributed by atoms with Crippen molar-refractivity contribution in [2.24, 2.45) is 0 Å². The second-order valence-corrected chi connectivity index (χ2v) is 6.05. The minimum atomic E-state index is -1.90. The lowest BCUT2D eigenvalue weighted by Crippen LogP contribution is -2.48. The summed E-state index contributed by atoms with van der Waals surface area (Å²) < 4.78 is 0. The Morgan fingerprint density at radius 2 is 1.85 bits per heavy atom. The molecule has 0 aliphatic heterocycles. The number of aromatic hydroxyl groups is 1. The number of nitrogens with one attached hydrogen (secondary N) is 2. The van der Waals surface area contributed by atoms with E-state index in [9.17, 15) is 24.7 Å². The molecular formula is C18H21BN2O6. The predicted octanol–water partition coefficient (Wildman–Crippen LogP) is 0.163. The zero-order chi connectivity index (χ0) is 20.0. The van der Waals surface area contributed by atoms with Crippen molar-refractivity contribution < 1.29 is 29.9 Å². The van der Waals surface area contributed by atoms with Gasteiger partial charge in [0, 0.05) is 12.1 Å². The van der Waals surface area contributed by atoms with Gasteiger partial charge in [-0.15, -0.1) is 0 Å². The molecule has 0 spiro atoms. The Hall–Kier alpha value is -2.88. The van der Waals surface area contributed by atoms with Gasteiger partial charge in [-0.1, -0.05) is 24.3 Å². The summed E-state index contributed by atoms with van der Waals surface area (Å²) in [5, 5.41) is 43.8. The summed E-state index contributed by atoms with van der Waals surface area (Å²) in [4.78, 5) is 23.6. The molecule has 2 aromatic rings. The molecule has 0 radical (unpaired) electrons. The Bertz CT molecular complexity index is 827. The lowest BCUT2D eigenvalue weighted by atomic mass is 9.75. The Morgan fingerprint density at radius 3 is 2.48 bits per heavy atom. The van der Waals surface area contributed by atoms with Crippen molar-refractivity contribution in [3.05, 3.63) is 64.7 Å². The fourth-order valence-corrected chi connectivity index (χ4v) is 2.67. The summed E-state index contributed by atoms with van der Waals surface area (Å²) >= 11 is 0. The van der Waals surface area contributed by atoms with Crippen molar-refractivity contribution in [1.82, 2.24) is 10.6 Å². The maximum absolute atomic E-state index is 12.5. The average molecular weight is 372 g/mol. The van der Waals surface area contributed by atoms with Crippen LogP contribution in [-0.4, -0.2) is 52.2 Å². The zero-order valence-corrected chi connectivity index (χ0v) is 14.7. The molecule has 0 aliphatic carbocycles. The van der Waals surface area contributed by atoms with E-state index in [0.29, 0.717) is 12.1 Å². The first-order valence-corrected chi connectivity index (χ1v) is 8.28. The third kappa shape index (κ3) is 5.30. The molecule has 0 unspecified atom stereocenters. The molecule has 2 rings (SSSR count). The number of hydrogen-bond acceptors (Lipinski definition) is 6. The van der Waals surface area contributed by atoms with Gasteiger partial charge in [0.15, 0.2) is 0 Å². The molecule has 2 aromatic carbocycles. The van der Waals surface area contributed by atoms with Crippen LogP contribution in [0.1, 0.15) is 31.8 Å². The molecule has 0 aliphatic rings. The highest BCUT2D eigenvalue weighted by Crippen LogP contribution is 2.24. The zero-order valence-electron chi connectivity index (χ0n) is 14.7. The van der Waals surface area contributed by atoms with Crippen LogP contribution in [0.5, 0.6) is 5.75 Å². The number of para-hydroxylation sites is 1. The average Bonchev–Trinajstić information content (AvgIpc) is 2.62. The fourth-order valence-electron chi connectivity index (χ4n) is 2.67. The molecule has 27 heavy (non-hydrogen) atoms. The largest absolute Gasteiger partial charge is 0.507 e. The number of amides is 1. The highest BCUT2D eigenvalue weighted by atomic mass is 16.4. The predicted molar refractivity (Wildman–Crippen MR) is 99.4 cm³/mol. The third-order valence-electron chi connectivity index (χ3n) is 4.04. The molecule has 0 fully saturated rings. The molecule has 6 N–H and O–H groups in total. The van der Waals surface area contributed by atoms with E-state index >= 15 is 0 Å². The van der Waals surface area contributed by atoms with Crippen molar-refractivity contribution in [3.8, 4) is 5.75 Å². The van der Waals surface area contributed by atoms with Gasteiger partial charge in [-0.3, -0.25) is 4.79 Å². The number of carbonyl (C=O) groups is 2. The van der Waals surface area contributed by atoms with Gasteiger partial charge in [-0.05, 0) is 42.8 Å². The van der Waals surface area contributed by atoms with Gasteiger partial charge >= 0.3 is 13.1 Å². The van der Waals surface area contributed by atoms with Gasteiger partial charge in [-0.25, -0.2) is 4.79 Å². The SMILES string of the molecule is CNCc1cccc(C(=O)N[C@@H](Cc2cccc(C(=O)O)c2O)B(O)O)c1. The molecule has 8 nitrogen and oxygen atoms in total. The molecule has 9 heteroatoms. The number of aromatic carboxylic acids is 1. The highest BCUT2D eigenvalue weighted by molar-refractivity contribution is 6.43. The summed E-state index contributed by atoms with van der Waals surface area (Å²) in [5.41, 5.74) is 1.11. The van der Waals surface area contributed by atoms with Gasteiger partial charge in [0.05, 0.1) is 5.94 Å². The Morgan fingerprint density at radius 1 is 1.15 bits per heavy atom. The summed E-state index contributed by atoms with van der Waals surface area (Å²) in [6.45, 7) is 0.572. The first kappa shape index (κ1) is 20.4. The summed E-state index contributed by atoms with van der Waals surface area (Å²) in [6.07, 6.45) is -0.160. The number of rotatable bonds is 8. The number of carbonyl (C=O) groups excluding carboxylic acids is 1. The van der Waals surface area contributed by atoms with Crippen LogP contribution in [0.4, 0.5) is 0 Å². The van der Waals surface area contributed by atoms with Gasteiger partial charge in [0.2, 0.25) is 0 Å². The van der Waals surface area contributed by atoms with E-state index < -0.39 is 30.7 Å². The van der Waals surface area contributed by atoms with Crippen LogP contribution in [0.25, 0.3) is 0 Å². The van der Waals surface area contributed by atoms with Crippen molar-refractivity contribution >= 4 is 19.0 Å². The van der Waals surface area contributed by atoms with E-state index in [0.717, 1.165) is 5.56 Å². The quantitative estimate of drug-likeness (QED) is 0.363. The van der Waals surface area contributed by atoms with Crippen LogP contribution in [0, 0.1) is 0 Å². The fraction of sp³-hybridized carbons (Fsp3) is 0.222. The molecule has 0 heterocycles. The Labute approximate surface area is 156 Å². The van der Waals surface area contributed by atoms with Crippen molar-refractivity contribution in [2.45, 2.75) is 18.9 Å². The van der Waals surface area contributed by atoms with Crippen molar-refractivity contribution in [3.63, 3.8) is 0 Å². The molecule has 0 saturated carbocycles. The molecule has 0 saturated heterocycles. The standard InChI is InChI=1S/C18H21BN2O6/c1-20-10-11-4-2-6-13(8-11)17(23)21-15(19(26)27)9-12-5-3-7-14(16(12)22)18(24)25/h2-8,15,20,22,26-27H,9-10H2,1H3,(H,21,23)(H,24,25)/t15-/m0/s1. The van der Waals surface area contributed by atoms with Crippen molar-refractivity contribution in [1.29, 1.82) is 0 Å². The number of carboxylic acid groups (broad SMARTS) is 1. The highest BCUT2D eigenvalue weighted by Gasteiger charge is 2.28. The second kappa shape index (κ2) is 9.18. The van der Waals surface area contributed by atoms with Crippen molar-refractivity contribution in [2.75, 3.05) is 7.05 Å². The number of phenols is 1. The van der Waals surface area contributed by atoms with Crippen LogP contribution in [-0.2, 0) is 13.0 Å². The van der Waals surface area contributed by atoms with E-state index in [-0.39, 0.29) is 17.5 Å². The summed E-state index contributed by atoms with van der Waals surface area (Å²) in [6, 6.07) is 11.0. The molecule has 1 atom stereocenters. The van der Waals surface area contributed by atoms with Crippen LogP contribution in [0.3, 0.4) is 0 Å². The number of carboxylic acids is 1. The minimum Gasteiger partial charge on any atom is -0.507 e. The lowest BCUT2D eigenvalue weighted by molar-refractivity contribution is 0.0693. The number of hydrogen-bond donors (Lipinski definition) is 6. The third-order valence-corrected chi connectivity index (χ3v) is 4.04. The lowest BCUT2D eigenvalue weighted by Gasteiger charge is -2.19. The summed E-state index contributed by atoms with van der Waals surface area (Å²) in [5.74, 6) is -3.43. The molecule has 0 aromatic heterocycles. The first-order valence-electron chi connectivity index (χ1n) is 8.28. The molecule has 142 valence electrons. The maximum atomic E-state index is 12.5. The Kier molecular flexibility index (Phi) is 6.94. The van der Waals surface area contributed by atoms with Gasteiger partial charge in [-0.2, -0.15) is 0 Å². The maximum Gasteiger partial charge on any atom is 0.475 e. The number of benzene rings is 2. The van der Waals surface area contributed by atoms with Crippen LogP contribution < -0.4 is 10.6 Å².